The Morgan fingerprint density at radius 2 is 1.63 bits per heavy atom. The fourth-order valence-corrected chi connectivity index (χ4v) is 6.12. The van der Waals surface area contributed by atoms with Gasteiger partial charge in [0.05, 0.1) is 17.0 Å². The van der Waals surface area contributed by atoms with Gasteiger partial charge in [-0.05, 0) is 60.9 Å². The van der Waals surface area contributed by atoms with Crippen molar-refractivity contribution < 1.29 is 34.1 Å². The number of benzene rings is 2. The molecular weight excluding hydrogens is 491 g/mol. The third kappa shape index (κ3) is 4.49. The number of aromatic nitrogens is 1. The van der Waals surface area contributed by atoms with E-state index in [4.69, 9.17) is 5.11 Å². The molecule has 2 aliphatic rings. The lowest BCUT2D eigenvalue weighted by Crippen LogP contribution is -2.57. The number of halogens is 5. The summed E-state index contributed by atoms with van der Waals surface area (Å²) >= 11 is 0. The number of carboxylic acid groups (broad SMARTS) is 1. The smallest absolute Gasteiger partial charge is 0.310 e. The SMILES string of the molecule is O=C(NC1CC2(C1)CC(C(=O)O)C2)c1cccc2ccn(Cc3ccc(S(F)(F)(F)(F)F)cc3)c12. The van der Waals surface area contributed by atoms with Crippen molar-refractivity contribution in [2.24, 2.45) is 11.3 Å². The summed E-state index contributed by atoms with van der Waals surface area (Å²) in [4.78, 5) is 22.2. The van der Waals surface area contributed by atoms with E-state index in [1.165, 1.54) is 0 Å². The standard InChI is InChI=1S/C24H23F5N2O3S/c25-35(26,27,28,29)19-6-4-15(5-7-19)14-31-9-8-16-2-1-3-20(21(16)31)22(32)30-18-12-24(13-18)10-17(11-24)23(33)34/h1-9,17-18H,10-14H2,(H,30,32)(H,33,34). The fraction of sp³-hybridized carbons (Fsp3) is 0.333. The molecule has 11 heteroatoms. The first-order valence-corrected chi connectivity index (χ1v) is 13.0. The second-order valence-corrected chi connectivity index (χ2v) is 12.2. The van der Waals surface area contributed by atoms with Crippen LogP contribution in [0, 0.1) is 11.3 Å². The molecule has 3 aromatic rings. The van der Waals surface area contributed by atoms with Crippen LogP contribution in [0.3, 0.4) is 0 Å². The zero-order valence-corrected chi connectivity index (χ0v) is 19.2. The Morgan fingerprint density at radius 3 is 2.23 bits per heavy atom. The Labute approximate surface area is 197 Å². The fourth-order valence-electron chi connectivity index (χ4n) is 5.47. The highest BCUT2D eigenvalue weighted by molar-refractivity contribution is 8.45. The number of fused-ring (bicyclic) bond motifs is 1. The first-order valence-electron chi connectivity index (χ1n) is 11.1. The van der Waals surface area contributed by atoms with E-state index < -0.39 is 21.1 Å². The van der Waals surface area contributed by atoms with Gasteiger partial charge in [0.1, 0.15) is 4.90 Å². The lowest BCUT2D eigenvalue weighted by atomic mass is 9.50. The third-order valence-corrected chi connectivity index (χ3v) is 8.32. The van der Waals surface area contributed by atoms with Crippen molar-refractivity contribution in [1.82, 2.24) is 9.88 Å². The van der Waals surface area contributed by atoms with Gasteiger partial charge in [0.15, 0.2) is 0 Å². The van der Waals surface area contributed by atoms with E-state index in [0.717, 1.165) is 30.4 Å². The zero-order chi connectivity index (χ0) is 25.3. The van der Waals surface area contributed by atoms with Gasteiger partial charge in [-0.1, -0.05) is 43.7 Å². The van der Waals surface area contributed by atoms with E-state index >= 15 is 0 Å². The van der Waals surface area contributed by atoms with Crippen LogP contribution >= 0.6 is 10.2 Å². The molecular formula is C24H23F5N2O3S. The molecule has 2 aliphatic carbocycles. The Balaban J connectivity index is 1.32. The highest BCUT2D eigenvalue weighted by atomic mass is 32.5. The molecule has 35 heavy (non-hydrogen) atoms. The molecule has 1 heterocycles. The van der Waals surface area contributed by atoms with Crippen LogP contribution in [0.25, 0.3) is 10.9 Å². The lowest BCUT2D eigenvalue weighted by Gasteiger charge is -2.56. The van der Waals surface area contributed by atoms with Gasteiger partial charge >= 0.3 is 16.2 Å². The van der Waals surface area contributed by atoms with Crippen molar-refractivity contribution in [3.8, 4) is 0 Å². The van der Waals surface area contributed by atoms with Crippen LogP contribution < -0.4 is 5.32 Å². The van der Waals surface area contributed by atoms with Gasteiger partial charge in [0.2, 0.25) is 0 Å². The summed E-state index contributed by atoms with van der Waals surface area (Å²) in [5.41, 5.74) is 1.37. The van der Waals surface area contributed by atoms with Crippen LogP contribution in [0.15, 0.2) is 59.6 Å². The summed E-state index contributed by atoms with van der Waals surface area (Å²) in [7, 11) is -9.74. The van der Waals surface area contributed by atoms with Gasteiger partial charge in [-0.25, -0.2) is 0 Å². The van der Waals surface area contributed by atoms with Gasteiger partial charge in [-0.15, -0.1) is 0 Å². The maximum Gasteiger partial charge on any atom is 0.310 e. The van der Waals surface area contributed by atoms with Crippen LogP contribution in [0.1, 0.15) is 41.6 Å². The van der Waals surface area contributed by atoms with Crippen LogP contribution in [0.4, 0.5) is 19.4 Å². The average Bonchev–Trinajstić information content (AvgIpc) is 3.10. The molecule has 2 aromatic carbocycles. The topological polar surface area (TPSA) is 71.3 Å². The number of nitrogens with zero attached hydrogens (tertiary/aromatic N) is 1. The van der Waals surface area contributed by atoms with Gasteiger partial charge in [0.25, 0.3) is 5.91 Å². The maximum absolute atomic E-state index is 13.1. The van der Waals surface area contributed by atoms with Crippen molar-refractivity contribution in [2.75, 3.05) is 0 Å². The number of nitrogens with one attached hydrogen (secondary N) is 1. The number of hydrogen-bond donors (Lipinski definition) is 2. The quantitative estimate of drug-likeness (QED) is 0.359. The minimum Gasteiger partial charge on any atom is -0.481 e. The summed E-state index contributed by atoms with van der Waals surface area (Å²) in [6.45, 7) is 0.0947. The highest BCUT2D eigenvalue weighted by Gasteiger charge is 2.65. The van der Waals surface area contributed by atoms with Crippen LogP contribution in [-0.2, 0) is 11.3 Å². The lowest BCUT2D eigenvalue weighted by molar-refractivity contribution is -0.155. The number of amides is 1. The summed E-state index contributed by atoms with van der Waals surface area (Å²) in [5.74, 6) is -1.37. The zero-order valence-electron chi connectivity index (χ0n) is 18.4. The number of carbonyl (C=O) groups excluding carboxylic acids is 1. The molecule has 0 atom stereocenters. The molecule has 0 unspecified atom stereocenters. The largest absolute Gasteiger partial charge is 0.481 e. The van der Waals surface area contributed by atoms with Crippen LogP contribution in [-0.4, -0.2) is 27.6 Å². The summed E-state index contributed by atoms with van der Waals surface area (Å²) in [6, 6.07) is 9.72. The van der Waals surface area contributed by atoms with Gasteiger partial charge in [-0.2, -0.15) is 0 Å². The van der Waals surface area contributed by atoms with E-state index in [9.17, 15) is 29.0 Å². The Kier molecular flexibility index (Phi) is 4.72. The minimum absolute atomic E-state index is 0.00854. The van der Waals surface area contributed by atoms with Crippen molar-refractivity contribution in [3.05, 3.63) is 65.9 Å². The van der Waals surface area contributed by atoms with Crippen molar-refractivity contribution in [1.29, 1.82) is 0 Å². The van der Waals surface area contributed by atoms with E-state index in [0.29, 0.717) is 41.6 Å². The molecule has 5 rings (SSSR count). The summed E-state index contributed by atoms with van der Waals surface area (Å²) in [6.07, 6.45) is 4.43. The van der Waals surface area contributed by atoms with Crippen molar-refractivity contribution >= 4 is 33.0 Å². The predicted octanol–water partition coefficient (Wildman–Crippen LogP) is 6.72. The molecule has 2 saturated carbocycles. The maximum atomic E-state index is 13.1. The molecule has 2 N–H and O–H groups in total. The van der Waals surface area contributed by atoms with Crippen LogP contribution in [0.5, 0.6) is 0 Å². The molecule has 5 nitrogen and oxygen atoms in total. The highest BCUT2D eigenvalue weighted by Crippen LogP contribution is 3.02. The number of para-hydroxylation sites is 1. The number of carboxylic acids is 1. The van der Waals surface area contributed by atoms with Gasteiger partial charge in [-0.3, -0.25) is 9.59 Å². The first-order chi connectivity index (χ1) is 16.1. The Hall–Kier alpha value is -3.08. The number of rotatable bonds is 6. The normalized spacial score (nSPS) is 25.9. The number of aliphatic carboxylic acids is 1. The van der Waals surface area contributed by atoms with Crippen LogP contribution in [0.2, 0.25) is 0 Å². The molecule has 0 radical (unpaired) electrons. The predicted molar refractivity (Wildman–Crippen MR) is 122 cm³/mol. The van der Waals surface area contributed by atoms with Crippen molar-refractivity contribution in [3.63, 3.8) is 0 Å². The molecule has 2 fully saturated rings. The van der Waals surface area contributed by atoms with E-state index in [2.05, 4.69) is 5.32 Å². The molecule has 1 amide bonds. The monoisotopic (exact) mass is 514 g/mol. The molecule has 0 saturated heterocycles. The molecule has 1 spiro atoms. The second-order valence-electron chi connectivity index (χ2n) is 9.82. The second kappa shape index (κ2) is 6.99. The van der Waals surface area contributed by atoms with E-state index in [1.54, 1.807) is 35.0 Å². The third-order valence-electron chi connectivity index (χ3n) is 7.16. The number of hydrogen-bond acceptors (Lipinski definition) is 2. The van der Waals surface area contributed by atoms with E-state index in [-0.39, 0.29) is 29.8 Å². The van der Waals surface area contributed by atoms with Crippen molar-refractivity contribution in [2.45, 2.75) is 43.2 Å². The average molecular weight is 515 g/mol. The number of carbonyl (C=O) groups is 2. The van der Waals surface area contributed by atoms with Gasteiger partial charge in [0, 0.05) is 24.2 Å². The molecule has 0 bridgehead atoms. The summed E-state index contributed by atoms with van der Waals surface area (Å²) < 4.78 is 66.7. The van der Waals surface area contributed by atoms with E-state index in [1.807, 2.05) is 0 Å². The Bertz CT molecular complexity index is 1340. The molecule has 0 aliphatic heterocycles. The summed E-state index contributed by atoms with van der Waals surface area (Å²) in [5, 5.41) is 12.8. The Morgan fingerprint density at radius 1 is 0.971 bits per heavy atom. The first kappa shape index (κ1) is 23.7. The minimum atomic E-state index is -9.74. The van der Waals surface area contributed by atoms with Gasteiger partial charge < -0.3 is 15.0 Å². The molecule has 1 aromatic heterocycles. The molecule has 188 valence electrons.